The van der Waals surface area contributed by atoms with Crippen molar-refractivity contribution in [2.45, 2.75) is 42.7 Å². The maximum absolute atomic E-state index is 12.5. The number of hydrogen-bond acceptors (Lipinski definition) is 5. The molecule has 0 atom stereocenters. The number of aromatic nitrogens is 3. The fraction of sp³-hybridized carbons (Fsp3) is 0.467. The van der Waals surface area contributed by atoms with Gasteiger partial charge in [-0.15, -0.1) is 5.10 Å². The van der Waals surface area contributed by atoms with Crippen molar-refractivity contribution in [1.82, 2.24) is 19.7 Å². The normalized spacial score (nSPS) is 17.4. The monoisotopic (exact) mass is 336 g/mol. The van der Waals surface area contributed by atoms with Crippen LogP contribution < -0.4 is 4.72 Å². The Kier molecular flexibility index (Phi) is 4.47. The molecule has 1 aromatic heterocycles. The van der Waals surface area contributed by atoms with Crippen LogP contribution >= 0.6 is 0 Å². The third-order valence-electron chi connectivity index (χ3n) is 4.21. The Hall–Kier alpha value is -1.77. The molecule has 124 valence electrons. The first-order chi connectivity index (χ1) is 11.0. The summed E-state index contributed by atoms with van der Waals surface area (Å²) in [4.78, 5) is 0. The highest BCUT2D eigenvalue weighted by Crippen LogP contribution is 2.31. The quantitative estimate of drug-likeness (QED) is 0.827. The maximum atomic E-state index is 12.5. The molecule has 1 aromatic carbocycles. The van der Waals surface area contributed by atoms with Gasteiger partial charge in [-0.2, -0.15) is 0 Å². The second-order valence-electron chi connectivity index (χ2n) is 5.90. The van der Waals surface area contributed by atoms with Gasteiger partial charge in [0, 0.05) is 6.54 Å². The Morgan fingerprint density at radius 3 is 2.61 bits per heavy atom. The Morgan fingerprint density at radius 2 is 1.91 bits per heavy atom. The number of benzene rings is 1. The topological polar surface area (TPSA) is 97.1 Å². The van der Waals surface area contributed by atoms with E-state index < -0.39 is 15.6 Å². The minimum Gasteiger partial charge on any atom is -0.390 e. The summed E-state index contributed by atoms with van der Waals surface area (Å²) >= 11 is 0. The van der Waals surface area contributed by atoms with Crippen LogP contribution in [0, 0.1) is 0 Å². The Bertz CT molecular complexity index is 752. The lowest BCUT2D eigenvalue weighted by molar-refractivity contribution is 0.0405. The fourth-order valence-electron chi connectivity index (χ4n) is 2.93. The molecule has 1 fully saturated rings. The molecule has 1 aliphatic carbocycles. The first kappa shape index (κ1) is 16.1. The molecular formula is C15H20N4O3S. The van der Waals surface area contributed by atoms with Gasteiger partial charge in [-0.1, -0.05) is 36.3 Å². The van der Waals surface area contributed by atoms with E-state index in [0.717, 1.165) is 25.7 Å². The summed E-state index contributed by atoms with van der Waals surface area (Å²) in [6, 6.07) is 8.96. The smallest absolute Gasteiger partial charge is 0.259 e. The van der Waals surface area contributed by atoms with Crippen molar-refractivity contribution in [3.05, 3.63) is 36.5 Å². The lowest BCUT2D eigenvalue weighted by Crippen LogP contribution is -2.33. The number of sulfonamides is 1. The molecule has 8 heteroatoms. The molecule has 0 unspecified atom stereocenters. The van der Waals surface area contributed by atoms with E-state index >= 15 is 0 Å². The summed E-state index contributed by atoms with van der Waals surface area (Å²) in [5, 5.41) is 17.8. The molecule has 3 rings (SSSR count). The molecule has 0 bridgehead atoms. The zero-order chi connectivity index (χ0) is 16.3. The number of nitrogens with one attached hydrogen (secondary N) is 1. The van der Waals surface area contributed by atoms with Crippen molar-refractivity contribution in [1.29, 1.82) is 0 Å². The molecule has 7 nitrogen and oxygen atoms in total. The third kappa shape index (κ3) is 3.60. The minimum absolute atomic E-state index is 0.0119. The number of para-hydroxylation sites is 1. The van der Waals surface area contributed by atoms with E-state index in [4.69, 9.17) is 0 Å². The number of rotatable bonds is 6. The van der Waals surface area contributed by atoms with Gasteiger partial charge in [0.15, 0.2) is 5.03 Å². The molecule has 2 N–H and O–H groups in total. The predicted molar refractivity (Wildman–Crippen MR) is 84.6 cm³/mol. The Balaban J connectivity index is 1.72. The van der Waals surface area contributed by atoms with E-state index in [2.05, 4.69) is 15.0 Å². The predicted octanol–water partition coefficient (Wildman–Crippen LogP) is 1.24. The second kappa shape index (κ2) is 6.38. The lowest BCUT2D eigenvalue weighted by Gasteiger charge is -2.21. The molecule has 1 aliphatic rings. The highest BCUT2D eigenvalue weighted by atomic mass is 32.2. The largest absolute Gasteiger partial charge is 0.390 e. The summed E-state index contributed by atoms with van der Waals surface area (Å²) in [7, 11) is -3.74. The second-order valence-corrected chi connectivity index (χ2v) is 7.61. The van der Waals surface area contributed by atoms with Crippen molar-refractivity contribution >= 4 is 10.0 Å². The van der Waals surface area contributed by atoms with E-state index in [-0.39, 0.29) is 11.6 Å². The summed E-state index contributed by atoms with van der Waals surface area (Å²) < 4.78 is 28.8. The van der Waals surface area contributed by atoms with Gasteiger partial charge in [0.1, 0.15) is 0 Å². The maximum Gasteiger partial charge on any atom is 0.259 e. The standard InChI is InChI=1S/C15H20N4O3S/c20-15(8-4-5-9-15)10-11-17-23(21,22)14-12-16-18-19(14)13-6-2-1-3-7-13/h1-3,6-7,12,17,20H,4-5,8-11H2. The van der Waals surface area contributed by atoms with E-state index in [0.29, 0.717) is 12.1 Å². The van der Waals surface area contributed by atoms with Gasteiger partial charge in [0.25, 0.3) is 10.0 Å². The van der Waals surface area contributed by atoms with Crippen LogP contribution in [0.2, 0.25) is 0 Å². The molecule has 1 saturated carbocycles. The van der Waals surface area contributed by atoms with E-state index in [1.54, 1.807) is 24.3 Å². The van der Waals surface area contributed by atoms with Gasteiger partial charge in [0.2, 0.25) is 0 Å². The molecule has 1 heterocycles. The van der Waals surface area contributed by atoms with Gasteiger partial charge < -0.3 is 5.11 Å². The van der Waals surface area contributed by atoms with Crippen LogP contribution in [0.1, 0.15) is 32.1 Å². The highest BCUT2D eigenvalue weighted by molar-refractivity contribution is 7.89. The molecule has 0 radical (unpaired) electrons. The average Bonchev–Trinajstić information content (AvgIpc) is 3.17. The molecule has 0 spiro atoms. The summed E-state index contributed by atoms with van der Waals surface area (Å²) in [6.45, 7) is 0.193. The van der Waals surface area contributed by atoms with Gasteiger partial charge in [-0.25, -0.2) is 17.8 Å². The summed E-state index contributed by atoms with van der Waals surface area (Å²) in [6.07, 6.45) is 5.09. The van der Waals surface area contributed by atoms with Gasteiger partial charge in [-0.3, -0.25) is 0 Å². The van der Waals surface area contributed by atoms with Crippen LogP contribution in [-0.4, -0.2) is 40.7 Å². The average molecular weight is 336 g/mol. The first-order valence-corrected chi connectivity index (χ1v) is 9.17. The SMILES string of the molecule is O=S(=O)(NCCC1(O)CCCC1)c1cnnn1-c1ccccc1. The van der Waals surface area contributed by atoms with E-state index in [1.165, 1.54) is 10.9 Å². The van der Waals surface area contributed by atoms with Crippen LogP contribution in [0.4, 0.5) is 0 Å². The highest BCUT2D eigenvalue weighted by Gasteiger charge is 2.31. The van der Waals surface area contributed by atoms with Crippen LogP contribution in [0.3, 0.4) is 0 Å². The van der Waals surface area contributed by atoms with Crippen LogP contribution in [0.25, 0.3) is 5.69 Å². The van der Waals surface area contributed by atoms with Crippen molar-refractivity contribution in [3.63, 3.8) is 0 Å². The van der Waals surface area contributed by atoms with Crippen molar-refractivity contribution in [2.24, 2.45) is 0 Å². The van der Waals surface area contributed by atoms with Gasteiger partial charge in [0.05, 0.1) is 17.5 Å². The fourth-order valence-corrected chi connectivity index (χ4v) is 4.01. The lowest BCUT2D eigenvalue weighted by atomic mass is 9.98. The van der Waals surface area contributed by atoms with Gasteiger partial charge in [-0.05, 0) is 31.4 Å². The Morgan fingerprint density at radius 1 is 1.22 bits per heavy atom. The van der Waals surface area contributed by atoms with Crippen molar-refractivity contribution in [2.75, 3.05) is 6.54 Å². The first-order valence-electron chi connectivity index (χ1n) is 7.68. The minimum atomic E-state index is -3.74. The van der Waals surface area contributed by atoms with Crippen molar-refractivity contribution in [3.8, 4) is 5.69 Å². The zero-order valence-corrected chi connectivity index (χ0v) is 13.5. The molecule has 0 saturated heterocycles. The number of hydrogen-bond donors (Lipinski definition) is 2. The summed E-state index contributed by atoms with van der Waals surface area (Å²) in [5.74, 6) is 0. The zero-order valence-electron chi connectivity index (χ0n) is 12.7. The van der Waals surface area contributed by atoms with Crippen LogP contribution in [0.5, 0.6) is 0 Å². The van der Waals surface area contributed by atoms with Crippen molar-refractivity contribution < 1.29 is 13.5 Å². The Labute approximate surface area is 135 Å². The van der Waals surface area contributed by atoms with Gasteiger partial charge >= 0.3 is 0 Å². The molecule has 0 aliphatic heterocycles. The van der Waals surface area contributed by atoms with E-state index in [9.17, 15) is 13.5 Å². The summed E-state index contributed by atoms with van der Waals surface area (Å²) in [5.41, 5.74) is -0.111. The van der Waals surface area contributed by atoms with Crippen LogP contribution in [-0.2, 0) is 10.0 Å². The molecule has 2 aromatic rings. The molecular weight excluding hydrogens is 316 g/mol. The third-order valence-corrected chi connectivity index (χ3v) is 5.62. The van der Waals surface area contributed by atoms with Crippen LogP contribution in [0.15, 0.2) is 41.6 Å². The molecule has 0 amide bonds. The van der Waals surface area contributed by atoms with E-state index in [1.807, 2.05) is 6.07 Å². The molecule has 23 heavy (non-hydrogen) atoms. The number of aliphatic hydroxyl groups is 1. The number of nitrogens with zero attached hydrogens (tertiary/aromatic N) is 3.